The van der Waals surface area contributed by atoms with Gasteiger partial charge in [-0.15, -0.1) is 0 Å². The average Bonchev–Trinajstić information content (AvgIpc) is 3.65. The lowest BCUT2D eigenvalue weighted by molar-refractivity contribution is -0.146. The smallest absolute Gasteiger partial charge is 0.289 e. The van der Waals surface area contributed by atoms with Crippen LogP contribution in [0.1, 0.15) is 152 Å². The van der Waals surface area contributed by atoms with Crippen molar-refractivity contribution in [1.29, 1.82) is 0 Å². The molecule has 0 spiro atoms. The van der Waals surface area contributed by atoms with E-state index in [0.29, 0.717) is 19.4 Å². The SMILES string of the molecule is C.C.C.C.C.CCC[C@@H](NC(=O)[C@H]1[C@@H]2CCC[C@H]2CN1C(=O)[C@H](NC(=O)[C@@H](NC(=O)c1cnccn1)C1CCCCC1)C(C)(C)C)C(=O)C(=O)NC1CC1.S. The molecule has 0 bridgehead atoms. The second-order valence-electron chi connectivity index (χ2n) is 15.5. The van der Waals surface area contributed by atoms with Gasteiger partial charge in [-0.05, 0) is 68.1 Å². The topological polar surface area (TPSA) is 180 Å². The summed E-state index contributed by atoms with van der Waals surface area (Å²) in [6.45, 7) is 7.85. The maximum absolute atomic E-state index is 14.6. The van der Waals surface area contributed by atoms with Gasteiger partial charge in [-0.2, -0.15) is 13.5 Å². The fraction of sp³-hybridized carbons (Fsp3) is 0.756. The first-order chi connectivity index (χ1) is 23.4. The summed E-state index contributed by atoms with van der Waals surface area (Å²) in [5.41, 5.74) is -0.638. The zero-order valence-electron chi connectivity index (χ0n) is 29.8. The Morgan fingerprint density at radius 1 is 0.836 bits per heavy atom. The van der Waals surface area contributed by atoms with E-state index in [-0.39, 0.29) is 86.0 Å². The molecule has 5 rings (SSSR count). The molecule has 6 atom stereocenters. The van der Waals surface area contributed by atoms with Crippen molar-refractivity contribution < 1.29 is 28.8 Å². The first-order valence-electron chi connectivity index (χ1n) is 18.2. The number of rotatable bonds is 13. The Bertz CT molecular complexity index is 1400. The fourth-order valence-electron chi connectivity index (χ4n) is 7.87. The van der Waals surface area contributed by atoms with E-state index in [4.69, 9.17) is 0 Å². The van der Waals surface area contributed by atoms with Crippen LogP contribution in [0.3, 0.4) is 0 Å². The van der Waals surface area contributed by atoms with E-state index in [1.807, 2.05) is 27.7 Å². The predicted molar refractivity (Wildman–Crippen MR) is 225 cm³/mol. The predicted octanol–water partition coefficient (Wildman–Crippen LogP) is 5.74. The lowest BCUT2D eigenvalue weighted by Gasteiger charge is -2.38. The Balaban J connectivity index is 0. The molecule has 1 aromatic heterocycles. The Morgan fingerprint density at radius 3 is 2.05 bits per heavy atom. The van der Waals surface area contributed by atoms with Gasteiger partial charge in [0.15, 0.2) is 0 Å². The molecule has 1 aromatic rings. The number of carbonyl (C=O) groups is 6. The van der Waals surface area contributed by atoms with Crippen molar-refractivity contribution in [3.8, 4) is 0 Å². The number of hydrogen-bond donors (Lipinski definition) is 4. The van der Waals surface area contributed by atoms with Gasteiger partial charge in [-0.1, -0.05) is 96.9 Å². The highest BCUT2D eigenvalue weighted by Crippen LogP contribution is 2.43. The fourth-order valence-corrected chi connectivity index (χ4v) is 7.87. The van der Waals surface area contributed by atoms with Crippen molar-refractivity contribution in [2.24, 2.45) is 23.2 Å². The van der Waals surface area contributed by atoms with Crippen LogP contribution in [0.5, 0.6) is 0 Å². The molecular weight excluding hydrogens is 719 g/mol. The van der Waals surface area contributed by atoms with Crippen LogP contribution in [0.4, 0.5) is 0 Å². The lowest BCUT2D eigenvalue weighted by atomic mass is 9.82. The number of nitrogens with zero attached hydrogens (tertiary/aromatic N) is 3. The molecule has 1 saturated heterocycles. The van der Waals surface area contributed by atoms with Crippen LogP contribution in [0.15, 0.2) is 18.6 Å². The molecule has 0 unspecified atom stereocenters. The highest BCUT2D eigenvalue weighted by atomic mass is 32.1. The molecule has 4 fully saturated rings. The normalized spacial score (nSPS) is 21.6. The summed E-state index contributed by atoms with van der Waals surface area (Å²) >= 11 is 0. The number of fused-ring (bicyclic) bond motifs is 1. The minimum Gasteiger partial charge on any atom is -0.347 e. The zero-order chi connectivity index (χ0) is 35.3. The van der Waals surface area contributed by atoms with Crippen molar-refractivity contribution in [2.75, 3.05) is 6.54 Å². The third-order valence-corrected chi connectivity index (χ3v) is 10.7. The second kappa shape index (κ2) is 23.5. The van der Waals surface area contributed by atoms with E-state index in [2.05, 4.69) is 31.2 Å². The molecule has 2 heterocycles. The molecule has 0 aromatic carbocycles. The van der Waals surface area contributed by atoms with Gasteiger partial charge in [0, 0.05) is 25.0 Å². The molecule has 4 N–H and O–H groups in total. The van der Waals surface area contributed by atoms with Crippen LogP contribution in [0.25, 0.3) is 0 Å². The number of nitrogens with one attached hydrogen (secondary N) is 4. The van der Waals surface area contributed by atoms with Gasteiger partial charge in [0.2, 0.25) is 23.5 Å². The van der Waals surface area contributed by atoms with Crippen molar-refractivity contribution >= 4 is 48.8 Å². The molecule has 3 aliphatic carbocycles. The summed E-state index contributed by atoms with van der Waals surface area (Å²) < 4.78 is 0. The summed E-state index contributed by atoms with van der Waals surface area (Å²) in [5.74, 6) is -3.20. The molecule has 316 valence electrons. The van der Waals surface area contributed by atoms with Crippen LogP contribution in [0, 0.1) is 23.2 Å². The maximum atomic E-state index is 14.6. The molecule has 1 aliphatic heterocycles. The average molecular weight is 794 g/mol. The van der Waals surface area contributed by atoms with E-state index >= 15 is 0 Å². The molecule has 4 aliphatic rings. The molecule has 14 heteroatoms. The van der Waals surface area contributed by atoms with Crippen LogP contribution in [-0.2, 0) is 24.0 Å². The lowest BCUT2D eigenvalue weighted by Crippen LogP contribution is -2.62. The molecule has 55 heavy (non-hydrogen) atoms. The minimum atomic E-state index is -0.994. The van der Waals surface area contributed by atoms with E-state index in [9.17, 15) is 28.8 Å². The first-order valence-corrected chi connectivity index (χ1v) is 18.2. The van der Waals surface area contributed by atoms with Gasteiger partial charge in [0.05, 0.1) is 12.2 Å². The highest BCUT2D eigenvalue weighted by molar-refractivity contribution is 7.59. The van der Waals surface area contributed by atoms with Gasteiger partial charge >= 0.3 is 0 Å². The zero-order valence-corrected chi connectivity index (χ0v) is 30.8. The molecule has 0 radical (unpaired) electrons. The van der Waals surface area contributed by atoms with Crippen LogP contribution in [0.2, 0.25) is 0 Å². The minimum absolute atomic E-state index is 0. The first kappa shape index (κ1) is 53.6. The monoisotopic (exact) mass is 794 g/mol. The van der Waals surface area contributed by atoms with Crippen molar-refractivity contribution in [3.05, 3.63) is 24.3 Å². The molecule has 3 saturated carbocycles. The number of carbonyl (C=O) groups excluding carboxylic acids is 6. The van der Waals surface area contributed by atoms with Crippen LogP contribution >= 0.6 is 13.5 Å². The van der Waals surface area contributed by atoms with E-state index in [1.165, 1.54) is 18.6 Å². The Morgan fingerprint density at radius 2 is 1.49 bits per heavy atom. The highest BCUT2D eigenvalue weighted by Gasteiger charge is 2.52. The number of ketones is 1. The van der Waals surface area contributed by atoms with Crippen LogP contribution < -0.4 is 21.3 Å². The number of aromatic nitrogens is 2. The molecule has 5 amide bonds. The van der Waals surface area contributed by atoms with Gasteiger partial charge in [-0.3, -0.25) is 33.8 Å². The summed E-state index contributed by atoms with van der Waals surface area (Å²) in [6.07, 6.45) is 13.9. The second-order valence-corrected chi connectivity index (χ2v) is 15.5. The number of likely N-dealkylation sites (tertiary alicyclic amines) is 1. The summed E-state index contributed by atoms with van der Waals surface area (Å²) in [6, 6.07) is -3.68. The van der Waals surface area contributed by atoms with Gasteiger partial charge < -0.3 is 26.2 Å². The Kier molecular flexibility index (Phi) is 22.9. The number of amides is 5. The third kappa shape index (κ3) is 13.3. The standard InChI is InChI=1S/C36H53N7O6.5CH4.H2S/c1-5-10-25(29(44)34(48)39-23-15-16-23)40-33(47)28-24-14-9-13-22(24)20-43(28)35(49)30(36(2,3)4)42-32(46)27(21-11-7-6-8-12-21)41-31(45)26-19-37-17-18-38-26;;;;;;/h17-19,21-25,27-28,30H,5-16,20H2,1-4H3,(H,39,48)(H,40,47)(H,41,45)(H,42,46);5*1H4;1H2/t22-,24+,25+,27-,28+,30-;;;;;;/m0....../s1. The largest absolute Gasteiger partial charge is 0.347 e. The van der Waals surface area contributed by atoms with E-state index in [1.54, 1.807) is 4.90 Å². The van der Waals surface area contributed by atoms with Gasteiger partial charge in [0.25, 0.3) is 11.8 Å². The number of Topliss-reactive ketones (excluding diaryl/α,β-unsaturated/α-hetero) is 1. The number of hydrogen-bond acceptors (Lipinski definition) is 8. The Hall–Kier alpha value is -3.55. The van der Waals surface area contributed by atoms with Gasteiger partial charge in [0.1, 0.15) is 23.8 Å². The van der Waals surface area contributed by atoms with Crippen molar-refractivity contribution in [2.45, 2.75) is 172 Å². The summed E-state index contributed by atoms with van der Waals surface area (Å²) in [7, 11) is 0. The maximum Gasteiger partial charge on any atom is 0.289 e. The third-order valence-electron chi connectivity index (χ3n) is 10.7. The van der Waals surface area contributed by atoms with Crippen molar-refractivity contribution in [1.82, 2.24) is 36.1 Å². The van der Waals surface area contributed by atoms with Gasteiger partial charge in [-0.25, -0.2) is 4.98 Å². The van der Waals surface area contributed by atoms with E-state index in [0.717, 1.165) is 64.2 Å². The van der Waals surface area contributed by atoms with E-state index < -0.39 is 59.0 Å². The van der Waals surface area contributed by atoms with Crippen LogP contribution in [-0.4, -0.2) is 86.9 Å². The summed E-state index contributed by atoms with van der Waals surface area (Å²) in [4.78, 5) is 91.4. The Labute approximate surface area is 339 Å². The molecular formula is C41H75N7O6S. The van der Waals surface area contributed by atoms with Crippen molar-refractivity contribution in [3.63, 3.8) is 0 Å². The summed E-state index contributed by atoms with van der Waals surface area (Å²) in [5, 5.41) is 11.5. The molecule has 13 nitrogen and oxygen atoms in total. The quantitative estimate of drug-likeness (QED) is 0.183.